The number of carbonyl (C=O) groups excluding carboxylic acids is 1. The van der Waals surface area contributed by atoms with Crippen molar-refractivity contribution in [3.8, 4) is 0 Å². The lowest BCUT2D eigenvalue weighted by Crippen LogP contribution is -2.31. The van der Waals surface area contributed by atoms with Crippen molar-refractivity contribution in [2.75, 3.05) is 6.61 Å². The molecule has 1 aliphatic carbocycles. The van der Waals surface area contributed by atoms with Gasteiger partial charge in [-0.15, -0.1) is 0 Å². The Labute approximate surface area is 95.8 Å². The summed E-state index contributed by atoms with van der Waals surface area (Å²) in [6.07, 6.45) is 2.31. The van der Waals surface area contributed by atoms with E-state index in [0.717, 1.165) is 18.4 Å². The molecular formula is C13H17NO2. The van der Waals surface area contributed by atoms with Crippen LogP contribution in [0.3, 0.4) is 0 Å². The lowest BCUT2D eigenvalue weighted by molar-refractivity contribution is -0.145. The molecule has 0 spiro atoms. The molecule has 86 valence electrons. The van der Waals surface area contributed by atoms with Crippen LogP contribution in [0, 0.1) is 0 Å². The fraction of sp³-hybridized carbons (Fsp3) is 0.462. The number of benzene rings is 1. The molecule has 3 heteroatoms. The highest BCUT2D eigenvalue weighted by Crippen LogP contribution is 2.24. The van der Waals surface area contributed by atoms with Crippen LogP contribution in [-0.4, -0.2) is 18.6 Å². The van der Waals surface area contributed by atoms with Crippen LogP contribution in [0.5, 0.6) is 0 Å². The van der Waals surface area contributed by atoms with Crippen LogP contribution in [-0.2, 0) is 9.53 Å². The molecule has 1 atom stereocenters. The van der Waals surface area contributed by atoms with Crippen LogP contribution >= 0.6 is 0 Å². The third-order valence-corrected chi connectivity index (χ3v) is 2.63. The predicted molar refractivity (Wildman–Crippen MR) is 62.0 cm³/mol. The first-order valence-corrected chi connectivity index (χ1v) is 5.79. The van der Waals surface area contributed by atoms with E-state index >= 15 is 0 Å². The summed E-state index contributed by atoms with van der Waals surface area (Å²) >= 11 is 0. The van der Waals surface area contributed by atoms with Gasteiger partial charge in [0, 0.05) is 6.04 Å². The minimum absolute atomic E-state index is 0.180. The van der Waals surface area contributed by atoms with Gasteiger partial charge in [0.2, 0.25) is 0 Å². The summed E-state index contributed by atoms with van der Waals surface area (Å²) in [5, 5.41) is 3.32. The number of hydrogen-bond acceptors (Lipinski definition) is 3. The minimum Gasteiger partial charge on any atom is -0.465 e. The van der Waals surface area contributed by atoms with Gasteiger partial charge in [0.15, 0.2) is 0 Å². The molecular weight excluding hydrogens is 202 g/mol. The highest BCUT2D eigenvalue weighted by atomic mass is 16.5. The van der Waals surface area contributed by atoms with Crippen molar-refractivity contribution >= 4 is 5.97 Å². The molecule has 16 heavy (non-hydrogen) atoms. The molecule has 1 fully saturated rings. The normalized spacial score (nSPS) is 16.8. The van der Waals surface area contributed by atoms with Crippen molar-refractivity contribution < 1.29 is 9.53 Å². The molecule has 0 heterocycles. The van der Waals surface area contributed by atoms with Crippen molar-refractivity contribution in [3.63, 3.8) is 0 Å². The first-order chi connectivity index (χ1) is 7.81. The SMILES string of the molecule is CCOC(=O)C(NC1CC1)c1ccccc1. The highest BCUT2D eigenvalue weighted by Gasteiger charge is 2.30. The molecule has 1 aliphatic rings. The molecule has 2 rings (SSSR count). The predicted octanol–water partition coefficient (Wildman–Crippen LogP) is 2.04. The molecule has 1 aromatic rings. The number of hydrogen-bond donors (Lipinski definition) is 1. The summed E-state index contributed by atoms with van der Waals surface area (Å²) in [7, 11) is 0. The molecule has 0 radical (unpaired) electrons. The summed E-state index contributed by atoms with van der Waals surface area (Å²) in [5.41, 5.74) is 0.979. The van der Waals surface area contributed by atoms with Crippen LogP contribution < -0.4 is 5.32 Å². The zero-order valence-electron chi connectivity index (χ0n) is 9.48. The number of ether oxygens (including phenoxy) is 1. The number of esters is 1. The van der Waals surface area contributed by atoms with Gasteiger partial charge >= 0.3 is 5.97 Å². The van der Waals surface area contributed by atoms with E-state index in [2.05, 4.69) is 5.32 Å². The van der Waals surface area contributed by atoms with Gasteiger partial charge in [0.05, 0.1) is 6.61 Å². The van der Waals surface area contributed by atoms with E-state index in [0.29, 0.717) is 12.6 Å². The van der Waals surface area contributed by atoms with E-state index < -0.39 is 0 Å². The molecule has 0 aromatic heterocycles. The average molecular weight is 219 g/mol. The average Bonchev–Trinajstić information content (AvgIpc) is 3.11. The van der Waals surface area contributed by atoms with E-state index in [4.69, 9.17) is 4.74 Å². The van der Waals surface area contributed by atoms with Crippen molar-refractivity contribution in [1.82, 2.24) is 5.32 Å². The van der Waals surface area contributed by atoms with Crippen LogP contribution in [0.15, 0.2) is 30.3 Å². The highest BCUT2D eigenvalue weighted by molar-refractivity contribution is 5.77. The molecule has 1 unspecified atom stereocenters. The standard InChI is InChI=1S/C13H17NO2/c1-2-16-13(15)12(14-11-8-9-11)10-6-4-3-5-7-10/h3-7,11-12,14H,2,8-9H2,1H3. The van der Waals surface area contributed by atoms with Crippen molar-refractivity contribution in [3.05, 3.63) is 35.9 Å². The van der Waals surface area contributed by atoms with Crippen molar-refractivity contribution in [2.24, 2.45) is 0 Å². The van der Waals surface area contributed by atoms with Crippen molar-refractivity contribution in [1.29, 1.82) is 0 Å². The second kappa shape index (κ2) is 5.12. The Bertz CT molecular complexity index is 346. The quantitative estimate of drug-likeness (QED) is 0.770. The zero-order valence-corrected chi connectivity index (χ0v) is 9.48. The summed E-state index contributed by atoms with van der Waals surface area (Å²) in [6, 6.07) is 9.91. The van der Waals surface area contributed by atoms with Crippen LogP contribution in [0.4, 0.5) is 0 Å². The Balaban J connectivity index is 2.09. The summed E-state index contributed by atoms with van der Waals surface area (Å²) in [5.74, 6) is -0.180. The Kier molecular flexibility index (Phi) is 3.57. The number of carbonyl (C=O) groups is 1. The van der Waals surface area contributed by atoms with E-state index in [1.807, 2.05) is 37.3 Å². The molecule has 1 saturated carbocycles. The maximum atomic E-state index is 11.8. The molecule has 1 aromatic carbocycles. The largest absolute Gasteiger partial charge is 0.465 e. The van der Waals surface area contributed by atoms with Crippen molar-refractivity contribution in [2.45, 2.75) is 31.8 Å². The third kappa shape index (κ3) is 2.83. The monoisotopic (exact) mass is 219 g/mol. The number of nitrogens with one attached hydrogen (secondary N) is 1. The van der Waals surface area contributed by atoms with Gasteiger partial charge < -0.3 is 4.74 Å². The Morgan fingerprint density at radius 3 is 2.69 bits per heavy atom. The Morgan fingerprint density at radius 2 is 2.12 bits per heavy atom. The maximum Gasteiger partial charge on any atom is 0.327 e. The number of rotatable bonds is 5. The lowest BCUT2D eigenvalue weighted by atomic mass is 10.1. The molecule has 0 amide bonds. The van der Waals surface area contributed by atoms with E-state index in [1.165, 1.54) is 0 Å². The third-order valence-electron chi connectivity index (χ3n) is 2.63. The fourth-order valence-corrected chi connectivity index (χ4v) is 1.66. The van der Waals surface area contributed by atoms with Gasteiger partial charge in [-0.3, -0.25) is 5.32 Å². The van der Waals surface area contributed by atoms with E-state index in [9.17, 15) is 4.79 Å². The van der Waals surface area contributed by atoms with Gasteiger partial charge in [-0.1, -0.05) is 30.3 Å². The van der Waals surface area contributed by atoms with Gasteiger partial charge in [0.25, 0.3) is 0 Å². The second-order valence-electron chi connectivity index (χ2n) is 4.04. The molecule has 0 saturated heterocycles. The Morgan fingerprint density at radius 1 is 1.44 bits per heavy atom. The van der Waals surface area contributed by atoms with Crippen LogP contribution in [0.2, 0.25) is 0 Å². The summed E-state index contributed by atoms with van der Waals surface area (Å²) in [4.78, 5) is 11.8. The van der Waals surface area contributed by atoms with Gasteiger partial charge in [-0.05, 0) is 25.3 Å². The van der Waals surface area contributed by atoms with Gasteiger partial charge in [-0.25, -0.2) is 4.79 Å². The lowest BCUT2D eigenvalue weighted by Gasteiger charge is -2.17. The van der Waals surface area contributed by atoms with Crippen LogP contribution in [0.1, 0.15) is 31.4 Å². The smallest absolute Gasteiger partial charge is 0.327 e. The van der Waals surface area contributed by atoms with Crippen LogP contribution in [0.25, 0.3) is 0 Å². The molecule has 3 nitrogen and oxygen atoms in total. The van der Waals surface area contributed by atoms with Gasteiger partial charge in [-0.2, -0.15) is 0 Å². The Hall–Kier alpha value is -1.35. The molecule has 0 bridgehead atoms. The fourth-order valence-electron chi connectivity index (χ4n) is 1.66. The second-order valence-corrected chi connectivity index (χ2v) is 4.04. The van der Waals surface area contributed by atoms with Gasteiger partial charge in [0.1, 0.15) is 6.04 Å². The van der Waals surface area contributed by atoms with E-state index in [1.54, 1.807) is 0 Å². The first kappa shape index (κ1) is 11.1. The first-order valence-electron chi connectivity index (χ1n) is 5.79. The topological polar surface area (TPSA) is 38.3 Å². The van der Waals surface area contributed by atoms with E-state index in [-0.39, 0.29) is 12.0 Å². The zero-order chi connectivity index (χ0) is 11.4. The maximum absolute atomic E-state index is 11.8. The summed E-state index contributed by atoms with van der Waals surface area (Å²) < 4.78 is 5.09. The summed E-state index contributed by atoms with van der Waals surface area (Å²) in [6.45, 7) is 2.26. The molecule has 0 aliphatic heterocycles. The minimum atomic E-state index is -0.311. The molecule has 1 N–H and O–H groups in total.